The highest BCUT2D eigenvalue weighted by Gasteiger charge is 2.24. The largest absolute Gasteiger partial charge is 0.376 e. The van der Waals surface area contributed by atoms with E-state index in [0.717, 1.165) is 5.69 Å². The van der Waals surface area contributed by atoms with Gasteiger partial charge < -0.3 is 10.2 Å². The number of hydrogen-bond donors (Lipinski definition) is 1. The first kappa shape index (κ1) is 14.3. The molecule has 1 rings (SSSR count). The Bertz CT molecular complexity index is 393. The Morgan fingerprint density at radius 1 is 1.33 bits per heavy atom. The molecule has 1 aromatic carbocycles. The molecule has 3 nitrogen and oxygen atoms in total. The van der Waals surface area contributed by atoms with Crippen molar-refractivity contribution in [2.45, 2.75) is 26.3 Å². The van der Waals surface area contributed by atoms with E-state index in [1.807, 2.05) is 56.0 Å². The smallest absolute Gasteiger partial charge is 0.242 e. The van der Waals surface area contributed by atoms with Crippen molar-refractivity contribution in [2.24, 2.45) is 0 Å². The van der Waals surface area contributed by atoms with Crippen LogP contribution in [0.3, 0.4) is 0 Å². The Labute approximate surface area is 109 Å². The second-order valence-electron chi connectivity index (χ2n) is 5.18. The van der Waals surface area contributed by atoms with Crippen LogP contribution in [0.2, 0.25) is 0 Å². The lowest BCUT2D eigenvalue weighted by molar-refractivity contribution is -0.133. The van der Waals surface area contributed by atoms with Gasteiger partial charge in [-0.1, -0.05) is 24.3 Å². The number of para-hydroxylation sites is 1. The Balaban J connectivity index is 2.60. The molecule has 0 aromatic heterocycles. The number of nitrogens with one attached hydrogen (secondary N) is 1. The predicted octanol–water partition coefficient (Wildman–Crippen LogP) is 2.91. The van der Waals surface area contributed by atoms with E-state index in [0.29, 0.717) is 13.1 Å². The Morgan fingerprint density at radius 2 is 1.94 bits per heavy atom. The van der Waals surface area contributed by atoms with E-state index in [1.54, 1.807) is 6.08 Å². The second kappa shape index (κ2) is 6.24. The molecular weight excluding hydrogens is 224 g/mol. The van der Waals surface area contributed by atoms with E-state index in [4.69, 9.17) is 0 Å². The van der Waals surface area contributed by atoms with Crippen LogP contribution < -0.4 is 5.32 Å². The van der Waals surface area contributed by atoms with Crippen molar-refractivity contribution in [3.8, 4) is 0 Å². The summed E-state index contributed by atoms with van der Waals surface area (Å²) >= 11 is 0. The third-order valence-corrected chi connectivity index (χ3v) is 2.64. The van der Waals surface area contributed by atoms with Crippen LogP contribution in [-0.2, 0) is 4.79 Å². The predicted molar refractivity (Wildman–Crippen MR) is 76.6 cm³/mol. The number of carbonyl (C=O) groups excluding carboxylic acids is 1. The molecule has 0 aliphatic heterocycles. The standard InChI is InChI=1S/C15H22N2O/c1-5-11-17(15(2,3)4)14(18)12-16-13-9-7-6-8-10-13/h5-10,16H,1,11-12H2,2-4H3. The van der Waals surface area contributed by atoms with Crippen molar-refractivity contribution in [3.05, 3.63) is 43.0 Å². The first-order valence-electron chi connectivity index (χ1n) is 6.15. The number of hydrogen-bond acceptors (Lipinski definition) is 2. The van der Waals surface area contributed by atoms with Crippen LogP contribution >= 0.6 is 0 Å². The van der Waals surface area contributed by atoms with E-state index >= 15 is 0 Å². The van der Waals surface area contributed by atoms with Gasteiger partial charge in [-0.25, -0.2) is 0 Å². The molecular formula is C15H22N2O. The summed E-state index contributed by atoms with van der Waals surface area (Å²) in [7, 11) is 0. The number of rotatable bonds is 5. The molecule has 0 aliphatic rings. The van der Waals surface area contributed by atoms with Crippen LogP contribution in [0.5, 0.6) is 0 Å². The molecule has 18 heavy (non-hydrogen) atoms. The monoisotopic (exact) mass is 246 g/mol. The average molecular weight is 246 g/mol. The van der Waals surface area contributed by atoms with Crippen LogP contribution in [0.4, 0.5) is 5.69 Å². The maximum atomic E-state index is 12.2. The zero-order chi connectivity index (χ0) is 13.6. The molecule has 1 N–H and O–H groups in total. The molecule has 0 spiro atoms. The molecule has 0 heterocycles. The quantitative estimate of drug-likeness (QED) is 0.810. The molecule has 1 amide bonds. The summed E-state index contributed by atoms with van der Waals surface area (Å²) in [5.74, 6) is 0.0752. The van der Waals surface area contributed by atoms with Gasteiger partial charge in [-0.2, -0.15) is 0 Å². The third kappa shape index (κ3) is 4.24. The maximum Gasteiger partial charge on any atom is 0.242 e. The molecule has 0 aliphatic carbocycles. The van der Waals surface area contributed by atoms with Crippen LogP contribution in [0.1, 0.15) is 20.8 Å². The molecule has 0 saturated carbocycles. The SMILES string of the molecule is C=CCN(C(=O)CNc1ccccc1)C(C)(C)C. The van der Waals surface area contributed by atoms with Crippen molar-refractivity contribution >= 4 is 11.6 Å². The van der Waals surface area contributed by atoms with Gasteiger partial charge in [0.15, 0.2) is 0 Å². The van der Waals surface area contributed by atoms with Gasteiger partial charge in [-0.05, 0) is 32.9 Å². The lowest BCUT2D eigenvalue weighted by Crippen LogP contribution is -2.47. The van der Waals surface area contributed by atoms with Gasteiger partial charge >= 0.3 is 0 Å². The molecule has 1 aromatic rings. The van der Waals surface area contributed by atoms with Gasteiger partial charge in [0.2, 0.25) is 5.91 Å². The Hall–Kier alpha value is -1.77. The van der Waals surface area contributed by atoms with Crippen LogP contribution in [0.15, 0.2) is 43.0 Å². The lowest BCUT2D eigenvalue weighted by atomic mass is 10.1. The third-order valence-electron chi connectivity index (χ3n) is 2.64. The van der Waals surface area contributed by atoms with Crippen LogP contribution in [0.25, 0.3) is 0 Å². The van der Waals surface area contributed by atoms with Crippen molar-refractivity contribution in [2.75, 3.05) is 18.4 Å². The van der Waals surface area contributed by atoms with Gasteiger partial charge in [0, 0.05) is 17.8 Å². The average Bonchev–Trinajstić information content (AvgIpc) is 2.33. The highest BCUT2D eigenvalue weighted by atomic mass is 16.2. The molecule has 3 heteroatoms. The van der Waals surface area contributed by atoms with Gasteiger partial charge in [0.1, 0.15) is 0 Å². The first-order valence-corrected chi connectivity index (χ1v) is 6.15. The maximum absolute atomic E-state index is 12.2. The van der Waals surface area contributed by atoms with Crippen molar-refractivity contribution in [1.82, 2.24) is 4.90 Å². The van der Waals surface area contributed by atoms with Gasteiger partial charge in [0.25, 0.3) is 0 Å². The molecule has 0 fully saturated rings. The number of carbonyl (C=O) groups is 1. The summed E-state index contributed by atoms with van der Waals surface area (Å²) < 4.78 is 0. The molecule has 0 unspecified atom stereocenters. The number of benzene rings is 1. The molecule has 0 radical (unpaired) electrons. The first-order chi connectivity index (χ1) is 8.45. The van der Waals surface area contributed by atoms with Crippen LogP contribution in [0, 0.1) is 0 Å². The zero-order valence-electron chi connectivity index (χ0n) is 11.4. The minimum absolute atomic E-state index is 0.0752. The van der Waals surface area contributed by atoms with E-state index in [1.165, 1.54) is 0 Å². The van der Waals surface area contributed by atoms with E-state index in [-0.39, 0.29) is 11.4 Å². The van der Waals surface area contributed by atoms with Crippen molar-refractivity contribution in [1.29, 1.82) is 0 Å². The summed E-state index contributed by atoms with van der Waals surface area (Å²) in [4.78, 5) is 14.0. The minimum Gasteiger partial charge on any atom is -0.376 e. The topological polar surface area (TPSA) is 32.3 Å². The summed E-state index contributed by atoms with van der Waals surface area (Å²) in [6.45, 7) is 10.6. The summed E-state index contributed by atoms with van der Waals surface area (Å²) in [5.41, 5.74) is 0.766. The fourth-order valence-electron chi connectivity index (χ4n) is 1.71. The van der Waals surface area contributed by atoms with E-state index < -0.39 is 0 Å². The van der Waals surface area contributed by atoms with Gasteiger partial charge in [-0.15, -0.1) is 6.58 Å². The summed E-state index contributed by atoms with van der Waals surface area (Å²) in [6.07, 6.45) is 1.76. The number of amides is 1. The van der Waals surface area contributed by atoms with Crippen molar-refractivity contribution < 1.29 is 4.79 Å². The minimum atomic E-state index is -0.191. The normalized spacial score (nSPS) is 10.8. The van der Waals surface area contributed by atoms with E-state index in [9.17, 15) is 4.79 Å². The van der Waals surface area contributed by atoms with Crippen molar-refractivity contribution in [3.63, 3.8) is 0 Å². The molecule has 98 valence electrons. The highest BCUT2D eigenvalue weighted by Crippen LogP contribution is 2.14. The highest BCUT2D eigenvalue weighted by molar-refractivity contribution is 5.81. The fraction of sp³-hybridized carbons (Fsp3) is 0.400. The Morgan fingerprint density at radius 3 is 2.44 bits per heavy atom. The van der Waals surface area contributed by atoms with Gasteiger partial charge in [0.05, 0.1) is 6.54 Å². The van der Waals surface area contributed by atoms with E-state index in [2.05, 4.69) is 11.9 Å². The summed E-state index contributed by atoms with van der Waals surface area (Å²) in [5, 5.41) is 3.13. The second-order valence-corrected chi connectivity index (χ2v) is 5.18. The van der Waals surface area contributed by atoms with Crippen LogP contribution in [-0.4, -0.2) is 29.4 Å². The zero-order valence-corrected chi connectivity index (χ0v) is 11.4. The lowest BCUT2D eigenvalue weighted by Gasteiger charge is -2.35. The molecule has 0 bridgehead atoms. The van der Waals surface area contributed by atoms with Gasteiger partial charge in [-0.3, -0.25) is 4.79 Å². The summed E-state index contributed by atoms with van der Waals surface area (Å²) in [6, 6.07) is 9.73. The molecule has 0 atom stereocenters. The fourth-order valence-corrected chi connectivity index (χ4v) is 1.71. The number of nitrogens with zero attached hydrogens (tertiary/aromatic N) is 1. The molecule has 0 saturated heterocycles. The Kier molecular flexibility index (Phi) is 4.95. The number of anilines is 1.